The second-order valence-electron chi connectivity index (χ2n) is 4.08. The van der Waals surface area contributed by atoms with Crippen LogP contribution in [0.5, 0.6) is 5.75 Å². The van der Waals surface area contributed by atoms with Gasteiger partial charge in [-0.1, -0.05) is 30.0 Å². The van der Waals surface area contributed by atoms with Gasteiger partial charge in [0.1, 0.15) is 5.75 Å². The predicted molar refractivity (Wildman–Crippen MR) is 87.0 cm³/mol. The van der Waals surface area contributed by atoms with E-state index in [1.165, 1.54) is 0 Å². The van der Waals surface area contributed by atoms with Gasteiger partial charge in [-0.15, -0.1) is 5.10 Å². The molecule has 5 nitrogen and oxygen atoms in total. The fourth-order valence-electron chi connectivity index (χ4n) is 1.61. The smallest absolute Gasteiger partial charge is 0.211 e. The zero-order valence-electron chi connectivity index (χ0n) is 11.6. The largest absolute Gasteiger partial charge is 0.497 e. The summed E-state index contributed by atoms with van der Waals surface area (Å²) in [6.45, 7) is 0. The van der Waals surface area contributed by atoms with Crippen LogP contribution in [0, 0.1) is 0 Å². The highest BCUT2D eigenvalue weighted by Crippen LogP contribution is 2.30. The minimum atomic E-state index is -0.0634. The summed E-state index contributed by atoms with van der Waals surface area (Å²) in [5, 5.41) is 7.46. The van der Waals surface area contributed by atoms with Crippen LogP contribution >= 0.6 is 11.8 Å². The number of rotatable bonds is 5. The Kier molecular flexibility index (Phi) is 5.22. The minimum absolute atomic E-state index is 0.0634. The third-order valence-corrected chi connectivity index (χ3v) is 3.68. The summed E-state index contributed by atoms with van der Waals surface area (Å²) in [6, 6.07) is 15.8. The summed E-state index contributed by atoms with van der Waals surface area (Å²) in [5.74, 6) is 0.772. The van der Waals surface area contributed by atoms with Crippen LogP contribution < -0.4 is 16.2 Å². The number of nitrogens with two attached hydrogens (primary N) is 2. The Morgan fingerprint density at radius 1 is 1.10 bits per heavy atom. The van der Waals surface area contributed by atoms with Crippen LogP contribution in [0.1, 0.15) is 5.56 Å². The van der Waals surface area contributed by atoms with E-state index in [9.17, 15) is 0 Å². The lowest BCUT2D eigenvalue weighted by molar-refractivity contribution is 0.414. The Labute approximate surface area is 127 Å². The van der Waals surface area contributed by atoms with Crippen LogP contribution in [0.15, 0.2) is 68.5 Å². The molecular weight excluding hydrogens is 284 g/mol. The van der Waals surface area contributed by atoms with Crippen molar-refractivity contribution in [3.63, 3.8) is 0 Å². The lowest BCUT2D eigenvalue weighted by atomic mass is 10.2. The van der Waals surface area contributed by atoms with E-state index in [0.717, 1.165) is 21.1 Å². The van der Waals surface area contributed by atoms with Crippen molar-refractivity contribution in [1.29, 1.82) is 0 Å². The summed E-state index contributed by atoms with van der Waals surface area (Å²) < 4.78 is 5.15. The zero-order valence-corrected chi connectivity index (χ0v) is 12.4. The average Bonchev–Trinajstić information content (AvgIpc) is 2.49. The molecule has 0 bridgehead atoms. The van der Waals surface area contributed by atoms with Gasteiger partial charge in [0.15, 0.2) is 0 Å². The molecule has 0 saturated heterocycles. The Morgan fingerprint density at radius 2 is 1.81 bits per heavy atom. The van der Waals surface area contributed by atoms with E-state index in [2.05, 4.69) is 10.2 Å². The average molecular weight is 300 g/mol. The maximum Gasteiger partial charge on any atom is 0.211 e. The molecule has 2 aromatic rings. The second kappa shape index (κ2) is 7.35. The van der Waals surface area contributed by atoms with E-state index in [1.54, 1.807) is 25.1 Å². The number of hydrogen-bond acceptors (Lipinski definition) is 4. The molecule has 0 saturated carbocycles. The molecular formula is C15H16N4OS. The molecule has 0 unspecified atom stereocenters. The molecule has 0 atom stereocenters. The van der Waals surface area contributed by atoms with Crippen LogP contribution in [-0.2, 0) is 0 Å². The molecule has 0 aliphatic rings. The number of hydrogen-bond donors (Lipinski definition) is 2. The van der Waals surface area contributed by atoms with Crippen LogP contribution in [0.2, 0.25) is 0 Å². The lowest BCUT2D eigenvalue weighted by Gasteiger charge is -2.06. The van der Waals surface area contributed by atoms with Gasteiger partial charge in [0.05, 0.1) is 13.3 Å². The monoisotopic (exact) mass is 300 g/mol. The van der Waals surface area contributed by atoms with Crippen LogP contribution in [0.25, 0.3) is 0 Å². The first kappa shape index (κ1) is 14.9. The van der Waals surface area contributed by atoms with E-state index in [1.807, 2.05) is 48.5 Å². The molecule has 0 radical (unpaired) electrons. The van der Waals surface area contributed by atoms with Gasteiger partial charge in [-0.25, -0.2) is 0 Å². The third kappa shape index (κ3) is 4.54. The molecule has 108 valence electrons. The van der Waals surface area contributed by atoms with Crippen molar-refractivity contribution in [3.8, 4) is 5.75 Å². The molecule has 0 spiro atoms. The highest BCUT2D eigenvalue weighted by molar-refractivity contribution is 7.99. The van der Waals surface area contributed by atoms with Crippen molar-refractivity contribution in [1.82, 2.24) is 0 Å². The van der Waals surface area contributed by atoms with Crippen LogP contribution in [-0.4, -0.2) is 19.3 Å². The summed E-state index contributed by atoms with van der Waals surface area (Å²) in [5.41, 5.74) is 11.4. The first-order valence-corrected chi connectivity index (χ1v) is 7.03. The molecule has 0 heterocycles. The summed E-state index contributed by atoms with van der Waals surface area (Å²) in [7, 11) is 1.65. The lowest BCUT2D eigenvalue weighted by Crippen LogP contribution is -2.21. The standard InChI is InChI=1S/C15H16N4OS/c1-20-12-6-8-13(9-7-12)21-14-5-3-2-4-11(14)10-18-19-15(16)17/h2-10H,1H3,(H4,16,17,19). The molecule has 4 N–H and O–H groups in total. The summed E-state index contributed by atoms with van der Waals surface area (Å²) >= 11 is 1.63. The molecule has 0 aliphatic heterocycles. The maximum atomic E-state index is 5.24. The van der Waals surface area contributed by atoms with E-state index < -0.39 is 0 Å². The number of benzene rings is 2. The van der Waals surface area contributed by atoms with E-state index in [-0.39, 0.29) is 5.96 Å². The molecule has 0 amide bonds. The Morgan fingerprint density at radius 3 is 2.48 bits per heavy atom. The van der Waals surface area contributed by atoms with Gasteiger partial charge >= 0.3 is 0 Å². The molecule has 0 fully saturated rings. The highest BCUT2D eigenvalue weighted by Gasteiger charge is 2.02. The molecule has 6 heteroatoms. The summed E-state index contributed by atoms with van der Waals surface area (Å²) in [4.78, 5) is 2.18. The number of methoxy groups -OCH3 is 1. The van der Waals surface area contributed by atoms with Gasteiger partial charge in [0.2, 0.25) is 5.96 Å². The third-order valence-electron chi connectivity index (χ3n) is 2.58. The van der Waals surface area contributed by atoms with E-state index in [0.29, 0.717) is 0 Å². The van der Waals surface area contributed by atoms with Crippen molar-refractivity contribution < 1.29 is 4.74 Å². The summed E-state index contributed by atoms with van der Waals surface area (Å²) in [6.07, 6.45) is 1.63. The fourth-order valence-corrected chi connectivity index (χ4v) is 2.52. The Bertz CT molecular complexity index is 649. The van der Waals surface area contributed by atoms with Crippen molar-refractivity contribution in [2.45, 2.75) is 9.79 Å². The second-order valence-corrected chi connectivity index (χ2v) is 5.20. The topological polar surface area (TPSA) is 86.0 Å². The SMILES string of the molecule is COc1ccc(Sc2ccccc2C=NN=C(N)N)cc1. The number of nitrogens with zero attached hydrogens (tertiary/aromatic N) is 2. The Hall–Kier alpha value is -2.47. The number of guanidine groups is 1. The number of ether oxygens (including phenoxy) is 1. The maximum absolute atomic E-state index is 5.24. The van der Waals surface area contributed by atoms with Gasteiger partial charge in [-0.3, -0.25) is 0 Å². The van der Waals surface area contributed by atoms with Crippen molar-refractivity contribution in [3.05, 3.63) is 54.1 Å². The van der Waals surface area contributed by atoms with Gasteiger partial charge in [0, 0.05) is 15.4 Å². The van der Waals surface area contributed by atoms with E-state index >= 15 is 0 Å². The molecule has 0 aliphatic carbocycles. The highest BCUT2D eigenvalue weighted by atomic mass is 32.2. The minimum Gasteiger partial charge on any atom is -0.497 e. The van der Waals surface area contributed by atoms with Gasteiger partial charge in [-0.2, -0.15) is 5.10 Å². The van der Waals surface area contributed by atoms with Crippen molar-refractivity contribution in [2.24, 2.45) is 21.7 Å². The van der Waals surface area contributed by atoms with E-state index in [4.69, 9.17) is 16.2 Å². The Balaban J connectivity index is 2.19. The van der Waals surface area contributed by atoms with Gasteiger partial charge in [-0.05, 0) is 30.3 Å². The van der Waals surface area contributed by atoms with Crippen LogP contribution in [0.3, 0.4) is 0 Å². The zero-order chi connectivity index (χ0) is 15.1. The van der Waals surface area contributed by atoms with Gasteiger partial charge in [0.25, 0.3) is 0 Å². The van der Waals surface area contributed by atoms with Gasteiger partial charge < -0.3 is 16.2 Å². The van der Waals surface area contributed by atoms with Crippen molar-refractivity contribution >= 4 is 23.9 Å². The molecule has 2 aromatic carbocycles. The fraction of sp³-hybridized carbons (Fsp3) is 0.0667. The predicted octanol–water partition coefficient (Wildman–Crippen LogP) is 2.45. The molecule has 0 aromatic heterocycles. The van der Waals surface area contributed by atoms with Crippen LogP contribution in [0.4, 0.5) is 0 Å². The first-order chi connectivity index (χ1) is 10.2. The molecule has 2 rings (SSSR count). The molecule has 21 heavy (non-hydrogen) atoms. The van der Waals surface area contributed by atoms with Crippen molar-refractivity contribution in [2.75, 3.05) is 7.11 Å². The quantitative estimate of drug-likeness (QED) is 0.504. The first-order valence-electron chi connectivity index (χ1n) is 6.22. The normalized spacial score (nSPS) is 10.5.